The van der Waals surface area contributed by atoms with Crippen LogP contribution in [0.5, 0.6) is 5.75 Å². The van der Waals surface area contributed by atoms with Crippen molar-refractivity contribution in [2.45, 2.75) is 4.21 Å². The average Bonchev–Trinajstić information content (AvgIpc) is 2.64. The van der Waals surface area contributed by atoms with Crippen molar-refractivity contribution in [3.05, 3.63) is 38.1 Å². The van der Waals surface area contributed by atoms with E-state index >= 15 is 0 Å². The number of phenols is 1. The lowest BCUT2D eigenvalue weighted by Gasteiger charge is -2.08. The van der Waals surface area contributed by atoms with Crippen LogP contribution in [-0.4, -0.2) is 13.5 Å². The maximum absolute atomic E-state index is 12.1. The molecular formula is C10H6BrCl2NO3S2. The van der Waals surface area contributed by atoms with Gasteiger partial charge in [0.25, 0.3) is 10.0 Å². The molecule has 1 heterocycles. The summed E-state index contributed by atoms with van der Waals surface area (Å²) in [5.41, 5.74) is 0.0463. The van der Waals surface area contributed by atoms with E-state index in [9.17, 15) is 13.5 Å². The molecule has 0 amide bonds. The van der Waals surface area contributed by atoms with Crippen LogP contribution in [0.2, 0.25) is 10.0 Å². The fraction of sp³-hybridized carbons (Fsp3) is 0. The SMILES string of the molecule is O=S(=O)(Nc1ccc(Cl)cc1O)c1cc(Cl)c(Br)s1. The molecule has 0 aliphatic rings. The molecule has 2 aromatic rings. The van der Waals surface area contributed by atoms with Crippen LogP contribution in [-0.2, 0) is 10.0 Å². The molecule has 2 N–H and O–H groups in total. The van der Waals surface area contributed by atoms with Gasteiger partial charge in [0.1, 0.15) is 9.96 Å². The third-order valence-electron chi connectivity index (χ3n) is 2.09. The molecule has 0 saturated carbocycles. The Hall–Kier alpha value is -0.470. The summed E-state index contributed by atoms with van der Waals surface area (Å²) in [6.07, 6.45) is 0. The van der Waals surface area contributed by atoms with Crippen LogP contribution in [0.3, 0.4) is 0 Å². The Morgan fingerprint density at radius 2 is 1.95 bits per heavy atom. The summed E-state index contributed by atoms with van der Waals surface area (Å²) in [5, 5.41) is 10.2. The van der Waals surface area contributed by atoms with Crippen molar-refractivity contribution in [2.24, 2.45) is 0 Å². The van der Waals surface area contributed by atoms with Crippen LogP contribution in [0.15, 0.2) is 32.3 Å². The average molecular weight is 403 g/mol. The van der Waals surface area contributed by atoms with Crippen LogP contribution < -0.4 is 4.72 Å². The number of benzene rings is 1. The first kappa shape index (κ1) is 14.9. The second kappa shape index (κ2) is 5.49. The summed E-state index contributed by atoms with van der Waals surface area (Å²) in [6.45, 7) is 0. The molecule has 2 rings (SSSR count). The molecule has 19 heavy (non-hydrogen) atoms. The molecule has 4 nitrogen and oxygen atoms in total. The first-order chi connectivity index (χ1) is 8.79. The zero-order valence-electron chi connectivity index (χ0n) is 9.02. The molecule has 0 aliphatic heterocycles. The predicted octanol–water partition coefficient (Wildman–Crippen LogP) is 4.32. The van der Waals surface area contributed by atoms with E-state index < -0.39 is 10.0 Å². The number of hydrogen-bond donors (Lipinski definition) is 2. The minimum atomic E-state index is -3.80. The van der Waals surface area contributed by atoms with Gasteiger partial charge in [-0.25, -0.2) is 8.42 Å². The van der Waals surface area contributed by atoms with Crippen molar-refractivity contribution in [1.82, 2.24) is 0 Å². The molecule has 0 fully saturated rings. The van der Waals surface area contributed by atoms with E-state index in [0.717, 1.165) is 11.3 Å². The number of phenolic OH excluding ortho intramolecular Hbond substituents is 1. The molecule has 0 aliphatic carbocycles. The summed E-state index contributed by atoms with van der Waals surface area (Å²) < 4.78 is 27.0. The molecule has 0 radical (unpaired) electrons. The quantitative estimate of drug-likeness (QED) is 0.751. The Balaban J connectivity index is 2.36. The fourth-order valence-electron chi connectivity index (χ4n) is 1.25. The number of rotatable bonds is 3. The second-order valence-corrected chi connectivity index (χ2v) is 8.58. The van der Waals surface area contributed by atoms with Crippen molar-refractivity contribution < 1.29 is 13.5 Å². The Kier molecular flexibility index (Phi) is 4.32. The van der Waals surface area contributed by atoms with Crippen molar-refractivity contribution in [3.63, 3.8) is 0 Å². The number of sulfonamides is 1. The smallest absolute Gasteiger partial charge is 0.271 e. The van der Waals surface area contributed by atoms with Gasteiger partial charge in [0.15, 0.2) is 0 Å². The molecule has 102 valence electrons. The number of thiophene rings is 1. The second-order valence-electron chi connectivity index (χ2n) is 3.45. The van der Waals surface area contributed by atoms with Crippen LogP contribution in [0.25, 0.3) is 0 Å². The fourth-order valence-corrected chi connectivity index (χ4v) is 4.88. The van der Waals surface area contributed by atoms with Gasteiger partial charge >= 0.3 is 0 Å². The van der Waals surface area contributed by atoms with Crippen LogP contribution in [0, 0.1) is 0 Å². The topological polar surface area (TPSA) is 66.4 Å². The molecule has 1 aromatic carbocycles. The van der Waals surface area contributed by atoms with E-state index in [-0.39, 0.29) is 15.6 Å². The van der Waals surface area contributed by atoms with E-state index in [1.165, 1.54) is 24.3 Å². The standard InChI is InChI=1S/C10H6BrCl2NO3S2/c11-10-6(13)4-9(18-10)19(16,17)14-7-2-1-5(12)3-8(7)15/h1-4,14-15H. The molecule has 0 atom stereocenters. The third-order valence-corrected chi connectivity index (χ3v) is 6.64. The number of halogens is 3. The van der Waals surface area contributed by atoms with Gasteiger partial charge in [-0.1, -0.05) is 23.2 Å². The normalized spacial score (nSPS) is 11.5. The van der Waals surface area contributed by atoms with Crippen LogP contribution in [0.1, 0.15) is 0 Å². The van der Waals surface area contributed by atoms with Gasteiger partial charge in [-0.3, -0.25) is 4.72 Å². The third kappa shape index (κ3) is 3.35. The number of nitrogens with one attached hydrogen (secondary N) is 1. The van der Waals surface area contributed by atoms with E-state index in [4.69, 9.17) is 23.2 Å². The lowest BCUT2D eigenvalue weighted by molar-refractivity contribution is 0.477. The summed E-state index contributed by atoms with van der Waals surface area (Å²) in [4.78, 5) is 0. The summed E-state index contributed by atoms with van der Waals surface area (Å²) >= 11 is 15.6. The number of hydrogen-bond acceptors (Lipinski definition) is 4. The highest BCUT2D eigenvalue weighted by molar-refractivity contribution is 9.11. The van der Waals surface area contributed by atoms with Gasteiger partial charge in [-0.05, 0) is 34.1 Å². The molecule has 9 heteroatoms. The molecule has 1 aromatic heterocycles. The summed E-state index contributed by atoms with van der Waals surface area (Å²) in [5.74, 6) is -0.252. The monoisotopic (exact) mass is 401 g/mol. The number of anilines is 1. The minimum absolute atomic E-state index is 0.0405. The Bertz CT molecular complexity index is 711. The highest BCUT2D eigenvalue weighted by atomic mass is 79.9. The van der Waals surface area contributed by atoms with E-state index in [2.05, 4.69) is 20.7 Å². The van der Waals surface area contributed by atoms with Gasteiger partial charge < -0.3 is 5.11 Å². The maximum Gasteiger partial charge on any atom is 0.271 e. The van der Waals surface area contributed by atoms with Gasteiger partial charge in [0.05, 0.1) is 14.5 Å². The lowest BCUT2D eigenvalue weighted by atomic mass is 10.3. The zero-order chi connectivity index (χ0) is 14.2. The molecule has 0 spiro atoms. The molecular weight excluding hydrogens is 397 g/mol. The molecule has 0 bridgehead atoms. The van der Waals surface area contributed by atoms with E-state index in [0.29, 0.717) is 13.8 Å². The largest absolute Gasteiger partial charge is 0.506 e. The number of aromatic hydroxyl groups is 1. The highest BCUT2D eigenvalue weighted by Crippen LogP contribution is 2.36. The lowest BCUT2D eigenvalue weighted by Crippen LogP contribution is -2.11. The summed E-state index contributed by atoms with van der Waals surface area (Å²) in [6, 6.07) is 5.41. The van der Waals surface area contributed by atoms with Crippen molar-refractivity contribution in [3.8, 4) is 5.75 Å². The van der Waals surface area contributed by atoms with Crippen LogP contribution in [0.4, 0.5) is 5.69 Å². The van der Waals surface area contributed by atoms with E-state index in [1.54, 1.807) is 0 Å². The van der Waals surface area contributed by atoms with Crippen LogP contribution >= 0.6 is 50.5 Å². The van der Waals surface area contributed by atoms with Gasteiger partial charge in [-0.15, -0.1) is 11.3 Å². The summed E-state index contributed by atoms with van der Waals surface area (Å²) in [7, 11) is -3.80. The van der Waals surface area contributed by atoms with Crippen molar-refractivity contribution in [1.29, 1.82) is 0 Å². The first-order valence-corrected chi connectivity index (χ1v) is 8.60. The van der Waals surface area contributed by atoms with Crippen molar-refractivity contribution in [2.75, 3.05) is 4.72 Å². The van der Waals surface area contributed by atoms with Gasteiger partial charge in [-0.2, -0.15) is 0 Å². The Labute approximate surface area is 132 Å². The Morgan fingerprint density at radius 1 is 1.26 bits per heavy atom. The first-order valence-electron chi connectivity index (χ1n) is 4.76. The van der Waals surface area contributed by atoms with Crippen molar-refractivity contribution >= 4 is 66.2 Å². The highest BCUT2D eigenvalue weighted by Gasteiger charge is 2.20. The minimum Gasteiger partial charge on any atom is -0.506 e. The molecule has 0 unspecified atom stereocenters. The van der Waals surface area contributed by atoms with E-state index in [1.807, 2.05) is 0 Å². The molecule has 0 saturated heterocycles. The predicted molar refractivity (Wildman–Crippen MR) is 81.0 cm³/mol. The maximum atomic E-state index is 12.1. The van der Waals surface area contributed by atoms with Gasteiger partial charge in [0.2, 0.25) is 0 Å². The zero-order valence-corrected chi connectivity index (χ0v) is 13.8. The Morgan fingerprint density at radius 3 is 2.47 bits per heavy atom. The van der Waals surface area contributed by atoms with Gasteiger partial charge in [0, 0.05) is 11.1 Å².